The summed E-state index contributed by atoms with van der Waals surface area (Å²) in [6, 6.07) is 18.1. The monoisotopic (exact) mass is 464 g/mol. The van der Waals surface area contributed by atoms with Gasteiger partial charge in [-0.15, -0.1) is 0 Å². The summed E-state index contributed by atoms with van der Waals surface area (Å²) in [6.07, 6.45) is -1.04. The number of carbonyl (C=O) groups excluding carboxylic acids is 3. The van der Waals surface area contributed by atoms with E-state index >= 15 is 0 Å². The maximum atomic E-state index is 12.4. The maximum absolute atomic E-state index is 12.4. The van der Waals surface area contributed by atoms with E-state index in [0.29, 0.717) is 36.0 Å². The highest BCUT2D eigenvalue weighted by atomic mass is 16.5. The SMILES string of the molecule is CCOc1ccc(C(=O)NCC(=O)OC(C)C(=O)Nc2ccc3ccccc3c2)cc1OCC. The minimum absolute atomic E-state index is 0.307. The van der Waals surface area contributed by atoms with Crippen molar-refractivity contribution in [2.24, 2.45) is 0 Å². The molecule has 0 aromatic heterocycles. The molecule has 8 heteroatoms. The summed E-state index contributed by atoms with van der Waals surface area (Å²) in [5, 5.41) is 7.26. The summed E-state index contributed by atoms with van der Waals surface area (Å²) < 4.78 is 16.2. The Morgan fingerprint density at radius 1 is 0.853 bits per heavy atom. The van der Waals surface area contributed by atoms with Crippen LogP contribution in [0.2, 0.25) is 0 Å². The lowest BCUT2D eigenvalue weighted by atomic mass is 10.1. The molecule has 3 aromatic rings. The van der Waals surface area contributed by atoms with Crippen LogP contribution in [0.3, 0.4) is 0 Å². The summed E-state index contributed by atoms with van der Waals surface area (Å²) in [5.41, 5.74) is 0.905. The zero-order valence-electron chi connectivity index (χ0n) is 19.4. The molecule has 2 amide bonds. The molecule has 8 nitrogen and oxygen atoms in total. The number of hydrogen-bond donors (Lipinski definition) is 2. The van der Waals surface area contributed by atoms with E-state index in [1.54, 1.807) is 24.3 Å². The summed E-state index contributed by atoms with van der Waals surface area (Å²) >= 11 is 0. The van der Waals surface area contributed by atoms with Crippen LogP contribution in [-0.4, -0.2) is 43.6 Å². The quantitative estimate of drug-likeness (QED) is 0.441. The van der Waals surface area contributed by atoms with Gasteiger partial charge in [0.15, 0.2) is 17.6 Å². The van der Waals surface area contributed by atoms with E-state index < -0.39 is 23.9 Å². The Balaban J connectivity index is 1.51. The number of anilines is 1. The molecule has 34 heavy (non-hydrogen) atoms. The summed E-state index contributed by atoms with van der Waals surface area (Å²) in [6.45, 7) is 5.64. The van der Waals surface area contributed by atoms with Crippen molar-refractivity contribution in [3.8, 4) is 11.5 Å². The molecule has 0 heterocycles. The highest BCUT2D eigenvalue weighted by Gasteiger charge is 2.19. The van der Waals surface area contributed by atoms with Crippen molar-refractivity contribution in [3.63, 3.8) is 0 Å². The average Bonchev–Trinajstić information content (AvgIpc) is 2.83. The fourth-order valence-corrected chi connectivity index (χ4v) is 3.25. The zero-order chi connectivity index (χ0) is 24.5. The maximum Gasteiger partial charge on any atom is 0.326 e. The van der Waals surface area contributed by atoms with Crippen molar-refractivity contribution in [2.45, 2.75) is 26.9 Å². The molecule has 2 N–H and O–H groups in total. The molecule has 0 bridgehead atoms. The number of amides is 2. The molecule has 0 radical (unpaired) electrons. The molecule has 178 valence electrons. The fraction of sp³-hybridized carbons (Fsp3) is 0.269. The molecule has 0 fully saturated rings. The van der Waals surface area contributed by atoms with E-state index in [9.17, 15) is 14.4 Å². The third kappa shape index (κ3) is 6.48. The number of carbonyl (C=O) groups is 3. The predicted octanol–water partition coefficient (Wildman–Crippen LogP) is 3.94. The predicted molar refractivity (Wildman–Crippen MR) is 129 cm³/mol. The molecular formula is C26H28N2O6. The van der Waals surface area contributed by atoms with E-state index in [1.807, 2.05) is 50.2 Å². The Bertz CT molecular complexity index is 1180. The normalized spacial score (nSPS) is 11.4. The van der Waals surface area contributed by atoms with Gasteiger partial charge in [0.1, 0.15) is 6.54 Å². The first kappa shape index (κ1) is 24.6. The number of esters is 1. The fourth-order valence-electron chi connectivity index (χ4n) is 3.25. The van der Waals surface area contributed by atoms with Gasteiger partial charge in [-0.2, -0.15) is 0 Å². The lowest BCUT2D eigenvalue weighted by Crippen LogP contribution is -2.35. The smallest absolute Gasteiger partial charge is 0.326 e. The number of nitrogens with one attached hydrogen (secondary N) is 2. The van der Waals surface area contributed by atoms with Crippen LogP contribution in [0.5, 0.6) is 11.5 Å². The Morgan fingerprint density at radius 2 is 1.56 bits per heavy atom. The Kier molecular flexibility index (Phi) is 8.45. The van der Waals surface area contributed by atoms with Crippen LogP contribution in [0, 0.1) is 0 Å². The highest BCUT2D eigenvalue weighted by molar-refractivity contribution is 5.98. The summed E-state index contributed by atoms with van der Waals surface area (Å²) in [7, 11) is 0. The number of benzene rings is 3. The summed E-state index contributed by atoms with van der Waals surface area (Å²) in [4.78, 5) is 37.0. The number of hydrogen-bond acceptors (Lipinski definition) is 6. The average molecular weight is 465 g/mol. The molecule has 1 unspecified atom stereocenters. The first-order valence-electron chi connectivity index (χ1n) is 11.1. The third-order valence-electron chi connectivity index (χ3n) is 4.89. The molecule has 0 spiro atoms. The third-order valence-corrected chi connectivity index (χ3v) is 4.89. The Hall–Kier alpha value is -4.07. The van der Waals surface area contributed by atoms with Crippen molar-refractivity contribution in [2.75, 3.05) is 25.1 Å². The van der Waals surface area contributed by atoms with Crippen LogP contribution in [0.1, 0.15) is 31.1 Å². The van der Waals surface area contributed by atoms with Gasteiger partial charge in [0.2, 0.25) is 0 Å². The largest absolute Gasteiger partial charge is 0.490 e. The van der Waals surface area contributed by atoms with Gasteiger partial charge < -0.3 is 24.8 Å². The van der Waals surface area contributed by atoms with Gasteiger partial charge in [-0.05, 0) is 61.9 Å². The van der Waals surface area contributed by atoms with Crippen LogP contribution < -0.4 is 20.1 Å². The van der Waals surface area contributed by atoms with Crippen LogP contribution in [0.25, 0.3) is 10.8 Å². The van der Waals surface area contributed by atoms with E-state index in [1.165, 1.54) is 6.92 Å². The molecule has 1 atom stereocenters. The molecule has 3 rings (SSSR count). The van der Waals surface area contributed by atoms with Gasteiger partial charge in [-0.3, -0.25) is 14.4 Å². The van der Waals surface area contributed by atoms with Crippen molar-refractivity contribution in [3.05, 3.63) is 66.2 Å². The van der Waals surface area contributed by atoms with Crippen molar-refractivity contribution < 1.29 is 28.6 Å². The highest BCUT2D eigenvalue weighted by Crippen LogP contribution is 2.28. The number of rotatable bonds is 10. The van der Waals surface area contributed by atoms with Crippen molar-refractivity contribution in [1.82, 2.24) is 5.32 Å². The minimum Gasteiger partial charge on any atom is -0.490 e. The van der Waals surface area contributed by atoms with Gasteiger partial charge in [-0.25, -0.2) is 0 Å². The lowest BCUT2D eigenvalue weighted by molar-refractivity contribution is -0.152. The van der Waals surface area contributed by atoms with Crippen LogP contribution in [-0.2, 0) is 14.3 Å². The lowest BCUT2D eigenvalue weighted by Gasteiger charge is -2.15. The molecule has 0 saturated heterocycles. The molecule has 0 aliphatic carbocycles. The van der Waals surface area contributed by atoms with Gasteiger partial charge >= 0.3 is 5.97 Å². The van der Waals surface area contributed by atoms with E-state index in [0.717, 1.165) is 10.8 Å². The second-order valence-corrected chi connectivity index (χ2v) is 7.39. The Morgan fingerprint density at radius 3 is 2.29 bits per heavy atom. The van der Waals surface area contributed by atoms with Gasteiger partial charge in [-0.1, -0.05) is 30.3 Å². The van der Waals surface area contributed by atoms with Crippen LogP contribution >= 0.6 is 0 Å². The molecule has 0 saturated carbocycles. The van der Waals surface area contributed by atoms with Gasteiger partial charge in [0, 0.05) is 11.3 Å². The van der Waals surface area contributed by atoms with E-state index in [2.05, 4.69) is 10.6 Å². The second kappa shape index (κ2) is 11.7. The van der Waals surface area contributed by atoms with Crippen LogP contribution in [0.4, 0.5) is 5.69 Å². The van der Waals surface area contributed by atoms with Gasteiger partial charge in [0.05, 0.1) is 13.2 Å². The summed E-state index contributed by atoms with van der Waals surface area (Å²) in [5.74, 6) is -0.701. The van der Waals surface area contributed by atoms with Gasteiger partial charge in [0.25, 0.3) is 11.8 Å². The standard InChI is InChI=1S/C26H28N2O6/c1-4-32-22-13-11-20(15-23(22)33-5-2)26(31)27-16-24(29)34-17(3)25(30)28-21-12-10-18-8-6-7-9-19(18)14-21/h6-15,17H,4-5,16H2,1-3H3,(H,27,31)(H,28,30). The zero-order valence-corrected chi connectivity index (χ0v) is 19.4. The molecule has 0 aliphatic rings. The first-order chi connectivity index (χ1) is 16.4. The van der Waals surface area contributed by atoms with Crippen LogP contribution in [0.15, 0.2) is 60.7 Å². The minimum atomic E-state index is -1.04. The molecule has 0 aliphatic heterocycles. The van der Waals surface area contributed by atoms with Crippen molar-refractivity contribution in [1.29, 1.82) is 0 Å². The molecule has 3 aromatic carbocycles. The molecular weight excluding hydrogens is 436 g/mol. The Labute approximate surface area is 198 Å². The number of fused-ring (bicyclic) bond motifs is 1. The van der Waals surface area contributed by atoms with Crippen molar-refractivity contribution >= 4 is 34.2 Å². The number of ether oxygens (including phenoxy) is 3. The topological polar surface area (TPSA) is 103 Å². The van der Waals surface area contributed by atoms with E-state index in [-0.39, 0.29) is 6.54 Å². The second-order valence-electron chi connectivity index (χ2n) is 7.39. The first-order valence-corrected chi connectivity index (χ1v) is 11.1. The van der Waals surface area contributed by atoms with E-state index in [4.69, 9.17) is 14.2 Å².